The molecular weight excluding hydrogens is 226 g/mol. The Morgan fingerprint density at radius 2 is 1.88 bits per heavy atom. The molecule has 1 N–H and O–H groups in total. The van der Waals surface area contributed by atoms with Crippen molar-refractivity contribution in [2.24, 2.45) is 11.3 Å². The summed E-state index contributed by atoms with van der Waals surface area (Å²) in [7, 11) is 0. The van der Waals surface area contributed by atoms with Crippen LogP contribution in [-0.2, 0) is 0 Å². The number of hydrogen-bond acceptors (Lipinski definition) is 2. The Morgan fingerprint density at radius 3 is 2.35 bits per heavy atom. The molecule has 1 nitrogen and oxygen atoms in total. The second-order valence-corrected chi connectivity index (χ2v) is 7.36. The summed E-state index contributed by atoms with van der Waals surface area (Å²) in [6.07, 6.45) is 7.47. The SMILES string of the molecule is CCCNC(CCCC(C)(C)C)C(C)CSC. The van der Waals surface area contributed by atoms with Gasteiger partial charge in [0.25, 0.3) is 0 Å². The molecule has 2 unspecified atom stereocenters. The van der Waals surface area contributed by atoms with Gasteiger partial charge in [0, 0.05) is 6.04 Å². The van der Waals surface area contributed by atoms with Crippen LogP contribution in [0.4, 0.5) is 0 Å². The van der Waals surface area contributed by atoms with Crippen LogP contribution in [0.25, 0.3) is 0 Å². The first kappa shape index (κ1) is 17.3. The molecule has 0 aromatic rings. The molecule has 0 saturated carbocycles. The molecule has 104 valence electrons. The van der Waals surface area contributed by atoms with E-state index in [1.54, 1.807) is 0 Å². The first-order chi connectivity index (χ1) is 7.90. The summed E-state index contributed by atoms with van der Waals surface area (Å²) >= 11 is 1.97. The zero-order valence-corrected chi connectivity index (χ0v) is 13.6. The minimum atomic E-state index is 0.484. The van der Waals surface area contributed by atoms with Crippen LogP contribution in [-0.4, -0.2) is 24.6 Å². The molecule has 0 radical (unpaired) electrons. The van der Waals surface area contributed by atoms with Crippen molar-refractivity contribution < 1.29 is 0 Å². The van der Waals surface area contributed by atoms with Gasteiger partial charge < -0.3 is 5.32 Å². The lowest BCUT2D eigenvalue weighted by Gasteiger charge is -2.26. The minimum Gasteiger partial charge on any atom is -0.314 e. The zero-order valence-electron chi connectivity index (χ0n) is 12.8. The van der Waals surface area contributed by atoms with Crippen molar-refractivity contribution in [1.29, 1.82) is 0 Å². The van der Waals surface area contributed by atoms with Crippen LogP contribution < -0.4 is 5.32 Å². The molecule has 0 aliphatic heterocycles. The lowest BCUT2D eigenvalue weighted by atomic mass is 9.87. The van der Waals surface area contributed by atoms with Crippen molar-refractivity contribution in [2.75, 3.05) is 18.6 Å². The maximum Gasteiger partial charge on any atom is 0.0101 e. The zero-order chi connectivity index (χ0) is 13.3. The van der Waals surface area contributed by atoms with E-state index in [0.29, 0.717) is 11.5 Å². The Hall–Kier alpha value is 0.310. The average molecular weight is 260 g/mol. The van der Waals surface area contributed by atoms with Gasteiger partial charge in [-0.1, -0.05) is 41.0 Å². The summed E-state index contributed by atoms with van der Waals surface area (Å²) < 4.78 is 0. The second-order valence-electron chi connectivity index (χ2n) is 6.45. The van der Waals surface area contributed by atoms with Gasteiger partial charge >= 0.3 is 0 Å². The van der Waals surface area contributed by atoms with Gasteiger partial charge in [-0.25, -0.2) is 0 Å². The molecule has 0 aromatic carbocycles. The van der Waals surface area contributed by atoms with E-state index >= 15 is 0 Å². The van der Waals surface area contributed by atoms with Crippen LogP contribution in [0.15, 0.2) is 0 Å². The Kier molecular flexibility index (Phi) is 9.44. The Balaban J connectivity index is 4.00. The Labute approximate surface area is 114 Å². The summed E-state index contributed by atoms with van der Waals surface area (Å²) in [4.78, 5) is 0. The maximum absolute atomic E-state index is 3.73. The summed E-state index contributed by atoms with van der Waals surface area (Å²) in [6.45, 7) is 12.8. The molecule has 0 saturated heterocycles. The van der Waals surface area contributed by atoms with Gasteiger partial charge in [-0.15, -0.1) is 0 Å². The van der Waals surface area contributed by atoms with Crippen molar-refractivity contribution in [3.05, 3.63) is 0 Å². The van der Waals surface area contributed by atoms with Crippen LogP contribution in [0, 0.1) is 11.3 Å². The highest BCUT2D eigenvalue weighted by Crippen LogP contribution is 2.24. The van der Waals surface area contributed by atoms with Crippen molar-refractivity contribution in [3.8, 4) is 0 Å². The van der Waals surface area contributed by atoms with Gasteiger partial charge in [0.05, 0.1) is 0 Å². The molecule has 0 aromatic heterocycles. The van der Waals surface area contributed by atoms with Crippen LogP contribution in [0.2, 0.25) is 0 Å². The van der Waals surface area contributed by atoms with Crippen molar-refractivity contribution >= 4 is 11.8 Å². The van der Waals surface area contributed by atoms with E-state index in [1.165, 1.54) is 38.0 Å². The third kappa shape index (κ3) is 9.96. The van der Waals surface area contributed by atoms with Gasteiger partial charge in [-0.05, 0) is 49.1 Å². The molecule has 2 atom stereocenters. The molecule has 0 aliphatic rings. The molecule has 0 bridgehead atoms. The van der Waals surface area contributed by atoms with Crippen LogP contribution >= 0.6 is 11.8 Å². The molecule has 0 rings (SSSR count). The van der Waals surface area contributed by atoms with Crippen LogP contribution in [0.3, 0.4) is 0 Å². The number of hydrogen-bond donors (Lipinski definition) is 1. The fourth-order valence-electron chi connectivity index (χ4n) is 2.15. The standard InChI is InChI=1S/C15H33NS/c1-7-11-16-14(13(2)12-17-6)9-8-10-15(3,4)5/h13-14,16H,7-12H2,1-6H3. The summed E-state index contributed by atoms with van der Waals surface area (Å²) in [5, 5.41) is 3.73. The second kappa shape index (κ2) is 9.27. The van der Waals surface area contributed by atoms with Gasteiger partial charge in [0.2, 0.25) is 0 Å². The van der Waals surface area contributed by atoms with Crippen molar-refractivity contribution in [1.82, 2.24) is 5.32 Å². The highest BCUT2D eigenvalue weighted by atomic mass is 32.2. The number of thioether (sulfide) groups is 1. The van der Waals surface area contributed by atoms with Crippen LogP contribution in [0.1, 0.15) is 60.3 Å². The average Bonchev–Trinajstić information content (AvgIpc) is 2.21. The van der Waals surface area contributed by atoms with E-state index in [9.17, 15) is 0 Å². The third-order valence-electron chi connectivity index (χ3n) is 3.21. The first-order valence-corrected chi connectivity index (χ1v) is 8.52. The smallest absolute Gasteiger partial charge is 0.0101 e. The predicted octanol–water partition coefficient (Wildman–Crippen LogP) is 4.57. The van der Waals surface area contributed by atoms with E-state index < -0.39 is 0 Å². The topological polar surface area (TPSA) is 12.0 Å². The van der Waals surface area contributed by atoms with E-state index in [-0.39, 0.29) is 0 Å². The fraction of sp³-hybridized carbons (Fsp3) is 1.00. The molecule has 2 heteroatoms. The van der Waals surface area contributed by atoms with Crippen molar-refractivity contribution in [3.63, 3.8) is 0 Å². The van der Waals surface area contributed by atoms with Crippen molar-refractivity contribution in [2.45, 2.75) is 66.3 Å². The monoisotopic (exact) mass is 259 g/mol. The summed E-state index contributed by atoms with van der Waals surface area (Å²) in [6, 6.07) is 0.713. The van der Waals surface area contributed by atoms with E-state index in [2.05, 4.69) is 46.2 Å². The van der Waals surface area contributed by atoms with Gasteiger partial charge in [-0.3, -0.25) is 0 Å². The first-order valence-electron chi connectivity index (χ1n) is 7.13. The number of rotatable bonds is 9. The number of nitrogens with one attached hydrogen (secondary N) is 1. The summed E-state index contributed by atoms with van der Waals surface area (Å²) in [5.41, 5.74) is 0.484. The van der Waals surface area contributed by atoms with E-state index in [1.807, 2.05) is 11.8 Å². The van der Waals surface area contributed by atoms with Gasteiger partial charge in [-0.2, -0.15) is 11.8 Å². The summed E-state index contributed by atoms with van der Waals surface area (Å²) in [5.74, 6) is 2.06. The van der Waals surface area contributed by atoms with E-state index in [4.69, 9.17) is 0 Å². The fourth-order valence-corrected chi connectivity index (χ4v) is 2.91. The Bertz CT molecular complexity index is 174. The maximum atomic E-state index is 3.73. The lowest BCUT2D eigenvalue weighted by molar-refractivity contribution is 0.317. The molecule has 0 amide bonds. The van der Waals surface area contributed by atoms with E-state index in [0.717, 1.165) is 5.92 Å². The molecule has 0 fully saturated rings. The highest BCUT2D eigenvalue weighted by Gasteiger charge is 2.17. The van der Waals surface area contributed by atoms with Gasteiger partial charge in [0.15, 0.2) is 0 Å². The molecule has 0 spiro atoms. The molecule has 0 heterocycles. The normalized spacial score (nSPS) is 15.9. The molecular formula is C15H33NS. The van der Waals surface area contributed by atoms with Crippen LogP contribution in [0.5, 0.6) is 0 Å². The highest BCUT2D eigenvalue weighted by molar-refractivity contribution is 7.98. The Morgan fingerprint density at radius 1 is 1.24 bits per heavy atom. The third-order valence-corrected chi connectivity index (χ3v) is 4.07. The molecule has 0 aliphatic carbocycles. The lowest BCUT2D eigenvalue weighted by Crippen LogP contribution is -2.36. The quantitative estimate of drug-likeness (QED) is 0.651. The van der Waals surface area contributed by atoms with Gasteiger partial charge in [0.1, 0.15) is 0 Å². The minimum absolute atomic E-state index is 0.484. The largest absolute Gasteiger partial charge is 0.314 e. The predicted molar refractivity (Wildman–Crippen MR) is 82.9 cm³/mol. The molecule has 17 heavy (non-hydrogen) atoms.